The molecule has 0 radical (unpaired) electrons. The van der Waals surface area contributed by atoms with Crippen molar-refractivity contribution in [2.75, 3.05) is 6.79 Å². The average Bonchev–Trinajstić information content (AvgIpc) is 3.42. The largest absolute Gasteiger partial charge is 1.00 e. The van der Waals surface area contributed by atoms with Gasteiger partial charge in [0.2, 0.25) is 12.7 Å². The first kappa shape index (κ1) is 29.5. The SMILES string of the molecule is Cc1onc(-c2ccccc2)c1C(=O)NC1C(=O)N2C1SC(C)(C)[C@@H]2C(=O)OCOC(=O)c1ccc[n+](C)c1.[I-]. The second kappa shape index (κ2) is 11.6. The molecule has 0 aliphatic carbocycles. The monoisotopic (exact) mass is 678 g/mol. The smallest absolute Gasteiger partial charge is 0.347 e. The fourth-order valence-electron chi connectivity index (χ4n) is 4.78. The molecule has 210 valence electrons. The maximum atomic E-state index is 13.2. The Morgan fingerprint density at radius 1 is 1.15 bits per heavy atom. The van der Waals surface area contributed by atoms with E-state index in [1.807, 2.05) is 44.2 Å². The number of hydrogen-bond acceptors (Lipinski definition) is 9. The molecule has 2 aliphatic heterocycles. The predicted octanol–water partition coefficient (Wildman–Crippen LogP) is -1.00. The van der Waals surface area contributed by atoms with E-state index >= 15 is 0 Å². The van der Waals surface area contributed by atoms with Gasteiger partial charge in [-0.15, -0.1) is 11.8 Å². The highest BCUT2D eigenvalue weighted by atomic mass is 127. The summed E-state index contributed by atoms with van der Waals surface area (Å²) < 4.78 is 16.6. The Morgan fingerprint density at radius 2 is 1.88 bits per heavy atom. The van der Waals surface area contributed by atoms with Crippen LogP contribution in [0.25, 0.3) is 11.3 Å². The van der Waals surface area contributed by atoms with E-state index in [1.54, 1.807) is 43.1 Å². The van der Waals surface area contributed by atoms with Crippen LogP contribution < -0.4 is 33.9 Å². The summed E-state index contributed by atoms with van der Waals surface area (Å²) in [6.45, 7) is 4.69. The molecule has 2 fully saturated rings. The number of carbonyl (C=O) groups excluding carboxylic acids is 4. The first-order valence-electron chi connectivity index (χ1n) is 12.2. The molecule has 0 saturated carbocycles. The first-order valence-corrected chi connectivity index (χ1v) is 13.1. The van der Waals surface area contributed by atoms with Gasteiger partial charge in [-0.3, -0.25) is 9.59 Å². The summed E-state index contributed by atoms with van der Waals surface area (Å²) in [6, 6.07) is 10.7. The van der Waals surface area contributed by atoms with Gasteiger partial charge in [0.25, 0.3) is 5.91 Å². The number of thioether (sulfide) groups is 1. The highest BCUT2D eigenvalue weighted by Gasteiger charge is 2.64. The lowest BCUT2D eigenvalue weighted by molar-refractivity contribution is -0.671. The van der Waals surface area contributed by atoms with Crippen LogP contribution in [-0.4, -0.2) is 62.8 Å². The number of fused-ring (bicyclic) bond motifs is 1. The third kappa shape index (κ3) is 5.44. The molecule has 0 spiro atoms. The van der Waals surface area contributed by atoms with Crippen LogP contribution in [0, 0.1) is 6.92 Å². The summed E-state index contributed by atoms with van der Waals surface area (Å²) in [4.78, 5) is 53.0. The molecule has 2 unspecified atom stereocenters. The number of rotatable bonds is 7. The Bertz CT molecular complexity index is 1460. The quantitative estimate of drug-likeness (QED) is 0.110. The van der Waals surface area contributed by atoms with E-state index in [-0.39, 0.29) is 29.5 Å². The van der Waals surface area contributed by atoms with Crippen LogP contribution in [0.3, 0.4) is 0 Å². The number of aromatic nitrogens is 2. The van der Waals surface area contributed by atoms with Crippen molar-refractivity contribution >= 4 is 35.5 Å². The zero-order chi connectivity index (χ0) is 27.9. The number of pyridine rings is 1. The third-order valence-corrected chi connectivity index (χ3v) is 8.23. The average molecular weight is 679 g/mol. The van der Waals surface area contributed by atoms with E-state index in [9.17, 15) is 19.2 Å². The van der Waals surface area contributed by atoms with Gasteiger partial charge in [0.05, 0.1) is 0 Å². The molecule has 1 aromatic carbocycles. The second-order valence-corrected chi connectivity index (χ2v) is 11.6. The molecule has 40 heavy (non-hydrogen) atoms. The molecule has 2 amide bonds. The van der Waals surface area contributed by atoms with Gasteiger partial charge in [-0.1, -0.05) is 35.5 Å². The molecule has 11 nitrogen and oxygen atoms in total. The fraction of sp³-hybridized carbons (Fsp3) is 0.333. The second-order valence-electron chi connectivity index (χ2n) is 9.81. The summed E-state index contributed by atoms with van der Waals surface area (Å²) >= 11 is 1.39. The molecule has 2 aromatic heterocycles. The standard InChI is InChI=1S/C27H26N4O7S.HI/c1-15-18(19(29-38-15)16-9-6-5-7-10-16)22(32)28-20-23(33)31-21(27(2,3)39-24(20)31)26(35)37-14-36-25(34)17-11-8-12-30(4)13-17;/h5-13,20-21,24H,14H2,1-4H3;1H/t20?,21-,24?;/m0./s1. The zero-order valence-electron chi connectivity index (χ0n) is 22.1. The lowest BCUT2D eigenvalue weighted by atomic mass is 9.95. The van der Waals surface area contributed by atoms with Crippen LogP contribution in [0.5, 0.6) is 0 Å². The van der Waals surface area contributed by atoms with E-state index < -0.39 is 52.8 Å². The minimum absolute atomic E-state index is 0. The van der Waals surface area contributed by atoms with Gasteiger partial charge >= 0.3 is 11.9 Å². The highest BCUT2D eigenvalue weighted by molar-refractivity contribution is 8.01. The van der Waals surface area contributed by atoms with Gasteiger partial charge in [-0.2, -0.15) is 0 Å². The van der Waals surface area contributed by atoms with Crippen LogP contribution >= 0.6 is 11.8 Å². The van der Waals surface area contributed by atoms with Crippen molar-refractivity contribution < 1.29 is 61.7 Å². The van der Waals surface area contributed by atoms with Crippen molar-refractivity contribution in [2.24, 2.45) is 7.05 Å². The lowest BCUT2D eigenvalue weighted by Gasteiger charge is -2.43. The summed E-state index contributed by atoms with van der Waals surface area (Å²) in [5.41, 5.74) is 1.65. The number of carbonyl (C=O) groups is 4. The van der Waals surface area contributed by atoms with Crippen LogP contribution in [0.2, 0.25) is 0 Å². The first-order chi connectivity index (χ1) is 18.6. The van der Waals surface area contributed by atoms with E-state index in [0.717, 1.165) is 0 Å². The number of aryl methyl sites for hydroxylation is 2. The van der Waals surface area contributed by atoms with E-state index in [4.69, 9.17) is 14.0 Å². The van der Waals surface area contributed by atoms with Crippen molar-refractivity contribution in [3.8, 4) is 11.3 Å². The molecule has 1 N–H and O–H groups in total. The van der Waals surface area contributed by atoms with Crippen molar-refractivity contribution in [1.82, 2.24) is 15.4 Å². The minimum Gasteiger partial charge on any atom is -1.00 e. The van der Waals surface area contributed by atoms with Gasteiger partial charge in [0, 0.05) is 16.4 Å². The Hall–Kier alpha value is -3.46. The van der Waals surface area contributed by atoms with Crippen molar-refractivity contribution in [2.45, 2.75) is 43.0 Å². The molecule has 3 atom stereocenters. The van der Waals surface area contributed by atoms with Gasteiger partial charge in [-0.25, -0.2) is 14.2 Å². The van der Waals surface area contributed by atoms with Crippen LogP contribution in [0.4, 0.5) is 0 Å². The van der Waals surface area contributed by atoms with Crippen molar-refractivity contribution in [1.29, 1.82) is 0 Å². The van der Waals surface area contributed by atoms with Gasteiger partial charge < -0.3 is 48.2 Å². The highest BCUT2D eigenvalue weighted by Crippen LogP contribution is 2.51. The number of halogens is 1. The molecule has 5 rings (SSSR count). The molecule has 2 aliphatic rings. The van der Waals surface area contributed by atoms with Gasteiger partial charge in [0.15, 0.2) is 12.4 Å². The topological polar surface area (TPSA) is 132 Å². The summed E-state index contributed by atoms with van der Waals surface area (Å²) in [5, 5.41) is 6.36. The molecule has 13 heteroatoms. The van der Waals surface area contributed by atoms with Crippen LogP contribution in [0.1, 0.15) is 40.3 Å². The Morgan fingerprint density at radius 3 is 2.58 bits per heavy atom. The molecular formula is C27H27IN4O7S. The maximum absolute atomic E-state index is 13.2. The van der Waals surface area contributed by atoms with E-state index in [0.29, 0.717) is 22.6 Å². The minimum atomic E-state index is -0.918. The molecule has 0 bridgehead atoms. The molecule has 3 aromatic rings. The molecular weight excluding hydrogens is 651 g/mol. The maximum Gasteiger partial charge on any atom is 0.347 e. The van der Waals surface area contributed by atoms with Crippen LogP contribution in [-0.2, 0) is 26.1 Å². The van der Waals surface area contributed by atoms with Gasteiger partial charge in [-0.05, 0) is 26.8 Å². The number of esters is 2. The Balaban J connectivity index is 0.00000370. The number of β-lactam (4-membered cyclic amide) rings is 1. The number of nitrogens with one attached hydrogen (secondary N) is 1. The number of amides is 2. The zero-order valence-corrected chi connectivity index (χ0v) is 25.1. The normalized spacial score (nSPS) is 20.6. The Labute approximate surface area is 251 Å². The van der Waals surface area contributed by atoms with Gasteiger partial charge in [0.1, 0.15) is 47.1 Å². The van der Waals surface area contributed by atoms with Crippen LogP contribution in [0.15, 0.2) is 59.4 Å². The number of hydrogen-bond donors (Lipinski definition) is 1. The summed E-state index contributed by atoms with van der Waals surface area (Å²) in [7, 11) is 1.77. The van der Waals surface area contributed by atoms with Crippen molar-refractivity contribution in [3.05, 3.63) is 71.7 Å². The summed E-state index contributed by atoms with van der Waals surface area (Å²) in [5.74, 6) is -1.90. The number of benzene rings is 1. The van der Waals surface area contributed by atoms with E-state index in [2.05, 4.69) is 10.5 Å². The number of nitrogens with zero attached hydrogens (tertiary/aromatic N) is 3. The van der Waals surface area contributed by atoms with E-state index in [1.165, 1.54) is 16.7 Å². The molecule has 4 heterocycles. The third-order valence-electron chi connectivity index (χ3n) is 6.65. The summed E-state index contributed by atoms with van der Waals surface area (Å²) in [6.07, 6.45) is 3.35. The Kier molecular flexibility index (Phi) is 8.54. The predicted molar refractivity (Wildman–Crippen MR) is 138 cm³/mol. The lowest BCUT2D eigenvalue weighted by Crippen LogP contribution is -3.00. The molecule has 2 saturated heterocycles. The van der Waals surface area contributed by atoms with Crippen molar-refractivity contribution in [3.63, 3.8) is 0 Å². The number of ether oxygens (including phenoxy) is 2. The fourth-order valence-corrected chi connectivity index (χ4v) is 6.41.